The molecule has 0 fully saturated rings. The number of anilines is 1. The second-order valence-electron chi connectivity index (χ2n) is 4.38. The Morgan fingerprint density at radius 3 is 3.05 bits per heavy atom. The van der Waals surface area contributed by atoms with Gasteiger partial charge in [0.1, 0.15) is 0 Å². The van der Waals surface area contributed by atoms with Crippen molar-refractivity contribution in [2.45, 2.75) is 13.5 Å². The smallest absolute Gasteiger partial charge is 0.256 e. The molecule has 1 amide bonds. The number of nitrogens with zero attached hydrogens (tertiary/aromatic N) is 2. The summed E-state index contributed by atoms with van der Waals surface area (Å²) in [6, 6.07) is 5.59. The highest BCUT2D eigenvalue weighted by Gasteiger charge is 2.12. The van der Waals surface area contributed by atoms with Gasteiger partial charge in [-0.05, 0) is 34.5 Å². The maximum Gasteiger partial charge on any atom is 0.256 e. The van der Waals surface area contributed by atoms with Gasteiger partial charge in [0.2, 0.25) is 0 Å². The van der Waals surface area contributed by atoms with Crippen LogP contribution in [0.15, 0.2) is 35.1 Å². The molecule has 1 N–H and O–H groups in total. The molecule has 6 heteroatoms. The first kappa shape index (κ1) is 14.7. The van der Waals surface area contributed by atoms with E-state index in [1.54, 1.807) is 30.3 Å². The van der Waals surface area contributed by atoms with Crippen LogP contribution in [0.25, 0.3) is 0 Å². The highest BCUT2D eigenvalue weighted by Crippen LogP contribution is 2.22. The minimum Gasteiger partial charge on any atom is -0.383 e. The number of hydrogen-bond acceptors (Lipinski definition) is 3. The Hall–Kier alpha value is -1.66. The van der Waals surface area contributed by atoms with Crippen molar-refractivity contribution in [2.75, 3.05) is 19.0 Å². The highest BCUT2D eigenvalue weighted by molar-refractivity contribution is 9.10. The molecular weight excluding hydrogens is 322 g/mol. The van der Waals surface area contributed by atoms with E-state index in [4.69, 9.17) is 4.74 Å². The summed E-state index contributed by atoms with van der Waals surface area (Å²) in [4.78, 5) is 12.2. The van der Waals surface area contributed by atoms with Crippen molar-refractivity contribution >= 4 is 27.5 Å². The van der Waals surface area contributed by atoms with Crippen LogP contribution < -0.4 is 5.32 Å². The number of carbonyl (C=O) groups is 1. The fraction of sp³-hybridized carbons (Fsp3) is 0.286. The molecule has 2 rings (SSSR count). The predicted molar refractivity (Wildman–Crippen MR) is 80.9 cm³/mol. The van der Waals surface area contributed by atoms with Gasteiger partial charge >= 0.3 is 0 Å². The zero-order valence-electron chi connectivity index (χ0n) is 11.4. The summed E-state index contributed by atoms with van der Waals surface area (Å²) >= 11 is 3.44. The molecule has 0 unspecified atom stereocenters. The molecule has 0 atom stereocenters. The number of hydrogen-bond donors (Lipinski definition) is 1. The van der Waals surface area contributed by atoms with Crippen molar-refractivity contribution in [1.82, 2.24) is 9.78 Å². The molecule has 1 heterocycles. The van der Waals surface area contributed by atoms with Gasteiger partial charge < -0.3 is 10.1 Å². The number of carbonyl (C=O) groups excluding carboxylic acids is 1. The van der Waals surface area contributed by atoms with Gasteiger partial charge in [0.25, 0.3) is 5.91 Å². The van der Waals surface area contributed by atoms with Crippen LogP contribution in [0.5, 0.6) is 0 Å². The number of rotatable bonds is 5. The minimum atomic E-state index is -0.160. The van der Waals surface area contributed by atoms with Gasteiger partial charge in [-0.3, -0.25) is 9.48 Å². The summed E-state index contributed by atoms with van der Waals surface area (Å²) in [5.74, 6) is -0.160. The lowest BCUT2D eigenvalue weighted by Gasteiger charge is -2.06. The fourth-order valence-corrected chi connectivity index (χ4v) is 2.20. The molecule has 0 aliphatic rings. The van der Waals surface area contributed by atoms with E-state index in [2.05, 4.69) is 26.3 Å². The summed E-state index contributed by atoms with van der Waals surface area (Å²) in [6.07, 6.45) is 3.40. The van der Waals surface area contributed by atoms with Crippen molar-refractivity contribution in [1.29, 1.82) is 0 Å². The maximum absolute atomic E-state index is 12.2. The highest BCUT2D eigenvalue weighted by atomic mass is 79.9. The average molecular weight is 338 g/mol. The van der Waals surface area contributed by atoms with Gasteiger partial charge in [0, 0.05) is 17.8 Å². The Balaban J connectivity index is 2.07. The van der Waals surface area contributed by atoms with Crippen molar-refractivity contribution in [3.63, 3.8) is 0 Å². The monoisotopic (exact) mass is 337 g/mol. The predicted octanol–water partition coefficient (Wildman–Crippen LogP) is 2.85. The molecule has 2 aromatic rings. The summed E-state index contributed by atoms with van der Waals surface area (Å²) in [7, 11) is 1.64. The molecule has 1 aromatic carbocycles. The zero-order valence-corrected chi connectivity index (χ0v) is 13.0. The summed E-state index contributed by atoms with van der Waals surface area (Å²) < 4.78 is 7.52. The molecule has 0 aliphatic carbocycles. The quantitative estimate of drug-likeness (QED) is 0.912. The van der Waals surface area contributed by atoms with Crippen LogP contribution in [0.1, 0.15) is 15.9 Å². The Bertz CT molecular complexity index is 610. The van der Waals surface area contributed by atoms with E-state index in [1.807, 2.05) is 19.1 Å². The molecule has 0 radical (unpaired) electrons. The standard InChI is InChI=1S/C14H16BrN3O2/c1-10-4-3-5-12(13(10)15)14(19)17-11-8-16-18(9-11)6-7-20-2/h3-5,8-9H,6-7H2,1-2H3,(H,17,19). The van der Waals surface area contributed by atoms with Crippen LogP contribution in [0.2, 0.25) is 0 Å². The average Bonchev–Trinajstić information content (AvgIpc) is 2.87. The topological polar surface area (TPSA) is 56.1 Å². The fourth-order valence-electron chi connectivity index (χ4n) is 1.76. The van der Waals surface area contributed by atoms with Crippen LogP contribution in [-0.4, -0.2) is 29.4 Å². The van der Waals surface area contributed by atoms with E-state index in [0.717, 1.165) is 10.0 Å². The lowest BCUT2D eigenvalue weighted by atomic mass is 10.1. The van der Waals surface area contributed by atoms with Crippen LogP contribution in [-0.2, 0) is 11.3 Å². The lowest BCUT2D eigenvalue weighted by Crippen LogP contribution is -2.12. The summed E-state index contributed by atoms with van der Waals surface area (Å²) in [5.41, 5.74) is 2.29. The first-order valence-corrected chi connectivity index (χ1v) is 6.99. The first-order chi connectivity index (χ1) is 9.61. The van der Waals surface area contributed by atoms with Gasteiger partial charge in [0.05, 0.1) is 30.6 Å². The van der Waals surface area contributed by atoms with Crippen molar-refractivity contribution in [3.05, 3.63) is 46.2 Å². The number of methoxy groups -OCH3 is 1. The summed E-state index contributed by atoms with van der Waals surface area (Å²) in [5, 5.41) is 6.98. The van der Waals surface area contributed by atoms with Crippen LogP contribution in [0.3, 0.4) is 0 Å². The maximum atomic E-state index is 12.2. The Morgan fingerprint density at radius 2 is 2.30 bits per heavy atom. The summed E-state index contributed by atoms with van der Waals surface area (Å²) in [6.45, 7) is 3.18. The second-order valence-corrected chi connectivity index (χ2v) is 5.17. The number of halogens is 1. The van der Waals surface area contributed by atoms with Crippen molar-refractivity contribution in [2.24, 2.45) is 0 Å². The molecule has 0 saturated heterocycles. The Kier molecular flexibility index (Phi) is 4.92. The number of benzene rings is 1. The molecule has 5 nitrogen and oxygen atoms in total. The van der Waals surface area contributed by atoms with E-state index in [1.165, 1.54) is 0 Å². The van der Waals surface area contributed by atoms with E-state index in [0.29, 0.717) is 24.4 Å². The van der Waals surface area contributed by atoms with E-state index >= 15 is 0 Å². The molecule has 1 aromatic heterocycles. The molecular formula is C14H16BrN3O2. The van der Waals surface area contributed by atoms with Crippen LogP contribution in [0, 0.1) is 6.92 Å². The van der Waals surface area contributed by atoms with Gasteiger partial charge in [-0.25, -0.2) is 0 Å². The Labute approximate surface area is 126 Å². The minimum absolute atomic E-state index is 0.160. The third-order valence-electron chi connectivity index (χ3n) is 2.85. The largest absolute Gasteiger partial charge is 0.383 e. The van der Waals surface area contributed by atoms with Crippen molar-refractivity contribution < 1.29 is 9.53 Å². The Morgan fingerprint density at radius 1 is 1.50 bits per heavy atom. The lowest BCUT2D eigenvalue weighted by molar-refractivity contribution is 0.102. The number of ether oxygens (including phenoxy) is 1. The zero-order chi connectivity index (χ0) is 14.5. The number of amides is 1. The normalized spacial score (nSPS) is 10.6. The van der Waals surface area contributed by atoms with Gasteiger partial charge in [-0.2, -0.15) is 5.10 Å². The van der Waals surface area contributed by atoms with Crippen LogP contribution >= 0.6 is 15.9 Å². The third kappa shape index (κ3) is 3.46. The van der Waals surface area contributed by atoms with Crippen LogP contribution in [0.4, 0.5) is 5.69 Å². The molecule has 0 bridgehead atoms. The number of aryl methyl sites for hydroxylation is 1. The molecule has 20 heavy (non-hydrogen) atoms. The van der Waals surface area contributed by atoms with E-state index < -0.39 is 0 Å². The number of nitrogens with one attached hydrogen (secondary N) is 1. The van der Waals surface area contributed by atoms with E-state index in [-0.39, 0.29) is 5.91 Å². The van der Waals surface area contributed by atoms with Gasteiger partial charge in [-0.15, -0.1) is 0 Å². The van der Waals surface area contributed by atoms with Gasteiger partial charge in [-0.1, -0.05) is 12.1 Å². The van der Waals surface area contributed by atoms with E-state index in [9.17, 15) is 4.79 Å². The first-order valence-electron chi connectivity index (χ1n) is 6.19. The molecule has 0 saturated carbocycles. The number of aromatic nitrogens is 2. The SMILES string of the molecule is COCCn1cc(NC(=O)c2cccc(C)c2Br)cn1. The van der Waals surface area contributed by atoms with Crippen molar-refractivity contribution in [3.8, 4) is 0 Å². The second kappa shape index (κ2) is 6.67. The van der Waals surface area contributed by atoms with Gasteiger partial charge in [0.15, 0.2) is 0 Å². The molecule has 0 aliphatic heterocycles. The third-order valence-corrected chi connectivity index (χ3v) is 3.90. The molecule has 0 spiro atoms. The molecule has 106 valence electrons.